The van der Waals surface area contributed by atoms with Crippen LogP contribution in [0.3, 0.4) is 0 Å². The highest BCUT2D eigenvalue weighted by atomic mass is 16.2. The van der Waals surface area contributed by atoms with E-state index in [1.807, 2.05) is 20.0 Å². The Labute approximate surface area is 132 Å². The van der Waals surface area contributed by atoms with Gasteiger partial charge in [-0.3, -0.25) is 19.1 Å². The van der Waals surface area contributed by atoms with Crippen molar-refractivity contribution >= 4 is 17.5 Å². The minimum absolute atomic E-state index is 0.0274. The Kier molecular flexibility index (Phi) is 5.29. The number of anilines is 1. The fourth-order valence-electron chi connectivity index (χ4n) is 2.02. The predicted molar refractivity (Wildman–Crippen MR) is 84.8 cm³/mol. The van der Waals surface area contributed by atoms with Gasteiger partial charge in [0.05, 0.1) is 5.69 Å². The monoisotopic (exact) mass is 317 g/mol. The number of carbonyl (C=O) groups is 2. The van der Waals surface area contributed by atoms with Gasteiger partial charge in [-0.05, 0) is 13.3 Å². The van der Waals surface area contributed by atoms with Gasteiger partial charge in [-0.15, -0.1) is 0 Å². The molecule has 2 heterocycles. The van der Waals surface area contributed by atoms with E-state index in [1.54, 1.807) is 4.68 Å². The molecule has 0 atom stereocenters. The molecule has 8 heteroatoms. The third kappa shape index (κ3) is 4.29. The molecule has 0 aliphatic rings. The van der Waals surface area contributed by atoms with E-state index in [1.165, 1.54) is 18.5 Å². The Morgan fingerprint density at radius 1 is 1.35 bits per heavy atom. The van der Waals surface area contributed by atoms with Crippen LogP contribution in [0.1, 0.15) is 24.6 Å². The highest BCUT2D eigenvalue weighted by Gasteiger charge is 2.15. The van der Waals surface area contributed by atoms with Gasteiger partial charge in [0.25, 0.3) is 0 Å². The molecule has 0 unspecified atom stereocenters. The van der Waals surface area contributed by atoms with Gasteiger partial charge in [-0.25, -0.2) is 0 Å². The van der Waals surface area contributed by atoms with Crippen LogP contribution in [0.5, 0.6) is 0 Å². The predicted octanol–water partition coefficient (Wildman–Crippen LogP) is 0.545. The molecule has 3 N–H and O–H groups in total. The number of carbonyl (C=O) groups excluding carboxylic acids is 2. The average molecular weight is 317 g/mol. The van der Waals surface area contributed by atoms with Crippen molar-refractivity contribution in [3.8, 4) is 0 Å². The number of nitrogens with zero attached hydrogens (tertiary/aromatic N) is 2. The molecule has 2 aromatic rings. The van der Waals surface area contributed by atoms with Crippen molar-refractivity contribution in [1.82, 2.24) is 20.1 Å². The summed E-state index contributed by atoms with van der Waals surface area (Å²) < 4.78 is 1.81. The number of pyridine rings is 1. The van der Waals surface area contributed by atoms with Crippen molar-refractivity contribution in [2.24, 2.45) is 0 Å². The second kappa shape index (κ2) is 7.39. The number of nitrogens with one attached hydrogen (secondary N) is 3. The Balaban J connectivity index is 1.93. The fourth-order valence-corrected chi connectivity index (χ4v) is 2.02. The van der Waals surface area contributed by atoms with E-state index < -0.39 is 11.8 Å². The molecule has 2 aromatic heterocycles. The molecule has 0 saturated carbocycles. The van der Waals surface area contributed by atoms with E-state index in [9.17, 15) is 14.4 Å². The number of aryl methyl sites for hydroxylation is 2. The van der Waals surface area contributed by atoms with Gasteiger partial charge in [0.1, 0.15) is 5.69 Å². The summed E-state index contributed by atoms with van der Waals surface area (Å²) in [6.07, 6.45) is 5.57. The lowest BCUT2D eigenvalue weighted by Crippen LogP contribution is -2.36. The minimum Gasteiger partial charge on any atom is -0.366 e. The molecule has 0 aromatic carbocycles. The molecule has 8 nitrogen and oxygen atoms in total. The molecule has 0 aliphatic heterocycles. The fraction of sp³-hybridized carbons (Fsp3) is 0.333. The zero-order valence-electron chi connectivity index (χ0n) is 13.0. The molecule has 0 spiro atoms. The maximum absolute atomic E-state index is 11.8. The van der Waals surface area contributed by atoms with Crippen LogP contribution >= 0.6 is 0 Å². The van der Waals surface area contributed by atoms with Gasteiger partial charge in [-0.2, -0.15) is 5.10 Å². The van der Waals surface area contributed by atoms with Crippen LogP contribution in [0.15, 0.2) is 29.5 Å². The van der Waals surface area contributed by atoms with E-state index >= 15 is 0 Å². The maximum Gasteiger partial charge on any atom is 0.313 e. The summed E-state index contributed by atoms with van der Waals surface area (Å²) in [4.78, 5) is 37.8. The molecule has 0 fully saturated rings. The third-order valence-corrected chi connectivity index (χ3v) is 3.22. The quantitative estimate of drug-likeness (QED) is 0.699. The van der Waals surface area contributed by atoms with Crippen LogP contribution in [0.4, 0.5) is 5.69 Å². The summed E-state index contributed by atoms with van der Waals surface area (Å²) in [5, 5.41) is 9.11. The lowest BCUT2D eigenvalue weighted by molar-refractivity contribution is -0.136. The van der Waals surface area contributed by atoms with Gasteiger partial charge in [0, 0.05) is 43.3 Å². The minimum atomic E-state index is -0.889. The number of hydrogen-bond donors (Lipinski definition) is 3. The first kappa shape index (κ1) is 16.5. The van der Waals surface area contributed by atoms with E-state index in [4.69, 9.17) is 0 Å². The number of H-pyrrole nitrogens is 1. The molecule has 2 rings (SSSR count). The van der Waals surface area contributed by atoms with Crippen molar-refractivity contribution in [1.29, 1.82) is 0 Å². The number of amides is 2. The van der Waals surface area contributed by atoms with Gasteiger partial charge in [-0.1, -0.05) is 6.92 Å². The number of hydrogen-bond acceptors (Lipinski definition) is 4. The van der Waals surface area contributed by atoms with Crippen LogP contribution in [-0.4, -0.2) is 26.6 Å². The largest absolute Gasteiger partial charge is 0.366 e. The topological polar surface area (TPSA) is 109 Å². The third-order valence-electron chi connectivity index (χ3n) is 3.22. The molecule has 0 radical (unpaired) electrons. The number of aromatic amines is 1. The Bertz CT molecular complexity index is 762. The van der Waals surface area contributed by atoms with Crippen molar-refractivity contribution in [2.75, 3.05) is 5.32 Å². The average Bonchev–Trinajstić information content (AvgIpc) is 2.87. The first-order valence-electron chi connectivity index (χ1n) is 7.30. The second-order valence-corrected chi connectivity index (χ2v) is 5.06. The smallest absolute Gasteiger partial charge is 0.313 e. The SMILES string of the molecule is CCCn1cc(CNC(=O)C(=O)Nc2c[nH]ccc2=O)c(C)n1. The van der Waals surface area contributed by atoms with Gasteiger partial charge < -0.3 is 15.6 Å². The summed E-state index contributed by atoms with van der Waals surface area (Å²) in [7, 11) is 0. The van der Waals surface area contributed by atoms with Gasteiger partial charge >= 0.3 is 11.8 Å². The van der Waals surface area contributed by atoms with Gasteiger partial charge in [0.2, 0.25) is 5.43 Å². The van der Waals surface area contributed by atoms with E-state index in [0.29, 0.717) is 0 Å². The Morgan fingerprint density at radius 3 is 2.83 bits per heavy atom. The van der Waals surface area contributed by atoms with Crippen LogP contribution in [-0.2, 0) is 22.7 Å². The summed E-state index contributed by atoms with van der Waals surface area (Å²) in [6.45, 7) is 4.89. The summed E-state index contributed by atoms with van der Waals surface area (Å²) in [5.74, 6) is -1.70. The summed E-state index contributed by atoms with van der Waals surface area (Å²) in [5.41, 5.74) is 1.30. The van der Waals surface area contributed by atoms with Crippen molar-refractivity contribution < 1.29 is 9.59 Å². The van der Waals surface area contributed by atoms with Crippen LogP contribution in [0.25, 0.3) is 0 Å². The highest BCUT2D eigenvalue weighted by Crippen LogP contribution is 2.06. The van der Waals surface area contributed by atoms with Crippen LogP contribution in [0, 0.1) is 6.92 Å². The Hall–Kier alpha value is -2.90. The van der Waals surface area contributed by atoms with Gasteiger partial charge in [0.15, 0.2) is 0 Å². The van der Waals surface area contributed by atoms with Crippen LogP contribution < -0.4 is 16.1 Å². The highest BCUT2D eigenvalue weighted by molar-refractivity contribution is 6.39. The summed E-state index contributed by atoms with van der Waals surface area (Å²) >= 11 is 0. The Morgan fingerprint density at radius 2 is 2.13 bits per heavy atom. The second-order valence-electron chi connectivity index (χ2n) is 5.06. The molecule has 23 heavy (non-hydrogen) atoms. The van der Waals surface area contributed by atoms with Crippen molar-refractivity contribution in [2.45, 2.75) is 33.4 Å². The number of rotatable bonds is 5. The number of aromatic nitrogens is 3. The molecular weight excluding hydrogens is 298 g/mol. The molecular formula is C15H19N5O3. The molecule has 0 bridgehead atoms. The molecule has 0 saturated heterocycles. The lowest BCUT2D eigenvalue weighted by atomic mass is 10.2. The normalized spacial score (nSPS) is 10.3. The van der Waals surface area contributed by atoms with Crippen LogP contribution in [0.2, 0.25) is 0 Å². The zero-order chi connectivity index (χ0) is 16.8. The molecule has 122 valence electrons. The van der Waals surface area contributed by atoms with E-state index in [2.05, 4.69) is 20.7 Å². The molecule has 2 amide bonds. The maximum atomic E-state index is 11.8. The molecule has 0 aliphatic carbocycles. The standard InChI is InChI=1S/C15H19N5O3/c1-3-6-20-9-11(10(2)19-20)7-17-14(22)15(23)18-12-8-16-5-4-13(12)21/h4-5,8-9H,3,6-7H2,1-2H3,(H,16,21)(H,17,22)(H,18,23). The van der Waals surface area contributed by atoms with Crippen molar-refractivity contribution in [3.05, 3.63) is 46.1 Å². The lowest BCUT2D eigenvalue weighted by Gasteiger charge is -2.05. The van der Waals surface area contributed by atoms with E-state index in [0.717, 1.165) is 24.2 Å². The van der Waals surface area contributed by atoms with Crippen molar-refractivity contribution in [3.63, 3.8) is 0 Å². The van der Waals surface area contributed by atoms with E-state index in [-0.39, 0.29) is 17.7 Å². The first-order valence-corrected chi connectivity index (χ1v) is 7.30. The first-order chi connectivity index (χ1) is 11.0. The summed E-state index contributed by atoms with van der Waals surface area (Å²) in [6, 6.07) is 1.26. The zero-order valence-corrected chi connectivity index (χ0v) is 13.0.